The van der Waals surface area contributed by atoms with Crippen molar-refractivity contribution in [3.63, 3.8) is 0 Å². The number of nitrogens with one attached hydrogen (secondary N) is 2. The highest BCUT2D eigenvalue weighted by Crippen LogP contribution is 2.28. The van der Waals surface area contributed by atoms with Crippen molar-refractivity contribution in [2.45, 2.75) is 46.6 Å². The highest BCUT2D eigenvalue weighted by molar-refractivity contribution is 5.58. The van der Waals surface area contributed by atoms with E-state index in [1.165, 1.54) is 5.56 Å². The molecule has 0 saturated heterocycles. The Morgan fingerprint density at radius 2 is 1.95 bits per heavy atom. The van der Waals surface area contributed by atoms with E-state index in [9.17, 15) is 0 Å². The van der Waals surface area contributed by atoms with Gasteiger partial charge in [0.05, 0.1) is 6.04 Å². The first kappa shape index (κ1) is 15.4. The van der Waals surface area contributed by atoms with E-state index < -0.39 is 0 Å². The first-order valence-electron chi connectivity index (χ1n) is 7.41. The van der Waals surface area contributed by atoms with E-state index in [2.05, 4.69) is 40.5 Å². The number of aryl methyl sites for hydroxylation is 2. The van der Waals surface area contributed by atoms with Crippen LogP contribution < -0.4 is 10.6 Å². The zero-order valence-electron chi connectivity index (χ0n) is 13.4. The molecule has 0 radical (unpaired) electrons. The van der Waals surface area contributed by atoms with Crippen molar-refractivity contribution in [1.82, 2.24) is 9.97 Å². The van der Waals surface area contributed by atoms with Crippen molar-refractivity contribution in [1.29, 1.82) is 0 Å². The van der Waals surface area contributed by atoms with E-state index in [-0.39, 0.29) is 6.04 Å². The molecule has 0 aliphatic carbocycles. The number of hydrogen-bond donors (Lipinski definition) is 2. The average Bonchev–Trinajstić information content (AvgIpc) is 2.80. The van der Waals surface area contributed by atoms with Gasteiger partial charge in [-0.05, 0) is 33.3 Å². The molecule has 2 aromatic rings. The summed E-state index contributed by atoms with van der Waals surface area (Å²) in [6, 6.07) is 2.21. The molecule has 5 heteroatoms. The smallest absolute Gasteiger partial charge is 0.135 e. The van der Waals surface area contributed by atoms with Crippen LogP contribution in [-0.4, -0.2) is 17.0 Å². The Morgan fingerprint density at radius 1 is 1.24 bits per heavy atom. The van der Waals surface area contributed by atoms with Crippen molar-refractivity contribution in [2.75, 3.05) is 17.7 Å². The molecule has 2 aromatic heterocycles. The van der Waals surface area contributed by atoms with Gasteiger partial charge in [-0.15, -0.1) is 0 Å². The van der Waals surface area contributed by atoms with Gasteiger partial charge in [0, 0.05) is 18.2 Å². The maximum atomic E-state index is 5.61. The first-order valence-corrected chi connectivity index (χ1v) is 7.41. The summed E-state index contributed by atoms with van der Waals surface area (Å²) in [7, 11) is 1.89. The maximum Gasteiger partial charge on any atom is 0.135 e. The third-order valence-corrected chi connectivity index (χ3v) is 3.58. The fourth-order valence-electron chi connectivity index (χ4n) is 2.60. The van der Waals surface area contributed by atoms with Crippen LogP contribution in [0.2, 0.25) is 0 Å². The molecule has 0 spiro atoms. The quantitative estimate of drug-likeness (QED) is 0.845. The molecule has 0 bridgehead atoms. The molecule has 5 nitrogen and oxygen atoms in total. The summed E-state index contributed by atoms with van der Waals surface area (Å²) in [5.41, 5.74) is 2.30. The Balaban J connectivity index is 2.28. The molecule has 2 heterocycles. The molecule has 114 valence electrons. The predicted molar refractivity (Wildman–Crippen MR) is 85.8 cm³/mol. The van der Waals surface area contributed by atoms with Gasteiger partial charge >= 0.3 is 0 Å². The maximum absolute atomic E-state index is 5.61. The summed E-state index contributed by atoms with van der Waals surface area (Å²) in [4.78, 5) is 8.71. The normalized spacial score (nSPS) is 12.2. The Hall–Kier alpha value is -2.04. The van der Waals surface area contributed by atoms with Crippen molar-refractivity contribution < 1.29 is 4.42 Å². The number of hydrogen-bond acceptors (Lipinski definition) is 5. The highest BCUT2D eigenvalue weighted by atomic mass is 16.3. The van der Waals surface area contributed by atoms with Gasteiger partial charge in [0.1, 0.15) is 29.5 Å². The van der Waals surface area contributed by atoms with Crippen LogP contribution in [0, 0.1) is 13.8 Å². The van der Waals surface area contributed by atoms with Gasteiger partial charge in [0.25, 0.3) is 0 Å². The monoisotopic (exact) mass is 288 g/mol. The predicted octanol–water partition coefficient (Wildman–Crippen LogP) is 3.85. The van der Waals surface area contributed by atoms with Crippen LogP contribution in [-0.2, 0) is 6.42 Å². The number of rotatable bonds is 6. The third kappa shape index (κ3) is 3.35. The summed E-state index contributed by atoms with van der Waals surface area (Å²) in [5, 5.41) is 6.63. The molecule has 0 aliphatic heterocycles. The molecule has 0 aliphatic rings. The SMILES string of the molecule is CCCc1c(NC)ncnc1NC(C)c1cc(C)oc1C. The van der Waals surface area contributed by atoms with E-state index >= 15 is 0 Å². The molecule has 1 unspecified atom stereocenters. The fourth-order valence-corrected chi connectivity index (χ4v) is 2.60. The Bertz CT molecular complexity index is 606. The second-order valence-electron chi connectivity index (χ2n) is 5.28. The summed E-state index contributed by atoms with van der Waals surface area (Å²) >= 11 is 0. The van der Waals surface area contributed by atoms with Crippen LogP contribution in [0.25, 0.3) is 0 Å². The molecular weight excluding hydrogens is 264 g/mol. The summed E-state index contributed by atoms with van der Waals surface area (Å²) in [5.74, 6) is 3.67. The zero-order valence-corrected chi connectivity index (χ0v) is 13.4. The lowest BCUT2D eigenvalue weighted by Gasteiger charge is -2.18. The number of furan rings is 1. The summed E-state index contributed by atoms with van der Waals surface area (Å²) in [6.45, 7) is 8.24. The minimum absolute atomic E-state index is 0.137. The summed E-state index contributed by atoms with van der Waals surface area (Å²) < 4.78 is 5.61. The van der Waals surface area contributed by atoms with Crippen molar-refractivity contribution in [2.24, 2.45) is 0 Å². The third-order valence-electron chi connectivity index (χ3n) is 3.58. The van der Waals surface area contributed by atoms with E-state index in [0.717, 1.165) is 41.6 Å². The Kier molecular flexibility index (Phi) is 4.83. The number of nitrogens with zero attached hydrogens (tertiary/aromatic N) is 2. The number of anilines is 2. The van der Waals surface area contributed by atoms with Crippen LogP contribution in [0.4, 0.5) is 11.6 Å². The van der Waals surface area contributed by atoms with E-state index in [0.29, 0.717) is 0 Å². The van der Waals surface area contributed by atoms with E-state index in [4.69, 9.17) is 4.42 Å². The molecule has 21 heavy (non-hydrogen) atoms. The second kappa shape index (κ2) is 6.61. The molecule has 1 atom stereocenters. The van der Waals surface area contributed by atoms with E-state index in [1.54, 1.807) is 6.33 Å². The molecule has 0 saturated carbocycles. The lowest BCUT2D eigenvalue weighted by Crippen LogP contribution is -2.12. The minimum Gasteiger partial charge on any atom is -0.466 e. The Morgan fingerprint density at radius 3 is 2.52 bits per heavy atom. The van der Waals surface area contributed by atoms with Crippen LogP contribution in [0.3, 0.4) is 0 Å². The fraction of sp³-hybridized carbons (Fsp3) is 0.500. The summed E-state index contributed by atoms with van der Waals surface area (Å²) in [6.07, 6.45) is 3.58. The molecule has 0 fully saturated rings. The standard InChI is InChI=1S/C16H24N4O/c1-6-7-13-15(17-5)18-9-19-16(13)20-11(3)14-8-10(2)21-12(14)4/h8-9,11H,6-7H2,1-5H3,(H2,17,18,19,20). The molecule has 2 rings (SSSR count). The average molecular weight is 288 g/mol. The second-order valence-corrected chi connectivity index (χ2v) is 5.28. The molecule has 0 aromatic carbocycles. The topological polar surface area (TPSA) is 63.0 Å². The van der Waals surface area contributed by atoms with Crippen LogP contribution in [0.1, 0.15) is 49.0 Å². The zero-order chi connectivity index (χ0) is 15.4. The highest BCUT2D eigenvalue weighted by Gasteiger charge is 2.16. The minimum atomic E-state index is 0.137. The van der Waals surface area contributed by atoms with Gasteiger partial charge in [0.15, 0.2) is 0 Å². The van der Waals surface area contributed by atoms with Gasteiger partial charge < -0.3 is 15.1 Å². The number of aromatic nitrogens is 2. The largest absolute Gasteiger partial charge is 0.466 e. The van der Waals surface area contributed by atoms with Gasteiger partial charge in [-0.1, -0.05) is 13.3 Å². The van der Waals surface area contributed by atoms with Crippen molar-refractivity contribution in [3.05, 3.63) is 35.0 Å². The van der Waals surface area contributed by atoms with Gasteiger partial charge in [0.2, 0.25) is 0 Å². The lowest BCUT2D eigenvalue weighted by molar-refractivity contribution is 0.499. The molecule has 2 N–H and O–H groups in total. The first-order chi connectivity index (χ1) is 10.1. The van der Waals surface area contributed by atoms with Crippen molar-refractivity contribution >= 4 is 11.6 Å². The van der Waals surface area contributed by atoms with Gasteiger partial charge in [-0.2, -0.15) is 0 Å². The van der Waals surface area contributed by atoms with E-state index in [1.807, 2.05) is 20.9 Å². The molecular formula is C16H24N4O. The van der Waals surface area contributed by atoms with Crippen LogP contribution in [0.5, 0.6) is 0 Å². The van der Waals surface area contributed by atoms with Crippen LogP contribution >= 0.6 is 0 Å². The van der Waals surface area contributed by atoms with Gasteiger partial charge in [-0.25, -0.2) is 9.97 Å². The van der Waals surface area contributed by atoms with Crippen molar-refractivity contribution in [3.8, 4) is 0 Å². The van der Waals surface area contributed by atoms with Gasteiger partial charge in [-0.3, -0.25) is 0 Å². The van der Waals surface area contributed by atoms with Crippen LogP contribution in [0.15, 0.2) is 16.8 Å². The Labute approximate surface area is 126 Å². The molecule has 0 amide bonds. The lowest BCUT2D eigenvalue weighted by atomic mass is 10.1.